The minimum absolute atomic E-state index is 0.0175. The molecule has 1 amide bonds. The van der Waals surface area contributed by atoms with Gasteiger partial charge in [0.05, 0.1) is 5.69 Å². The van der Waals surface area contributed by atoms with E-state index in [1.165, 1.54) is 0 Å². The highest BCUT2D eigenvalue weighted by Gasteiger charge is 2.22. The summed E-state index contributed by atoms with van der Waals surface area (Å²) in [5.41, 5.74) is 8.12. The van der Waals surface area contributed by atoms with E-state index in [4.69, 9.17) is 10.5 Å². The van der Waals surface area contributed by atoms with Crippen molar-refractivity contribution in [3.8, 4) is 5.75 Å². The molecule has 104 valence electrons. The minimum Gasteiger partial charge on any atom is -0.482 e. The van der Waals surface area contributed by atoms with Crippen LogP contribution in [0.2, 0.25) is 0 Å². The molecule has 1 aromatic carbocycles. The minimum atomic E-state index is -0.0175. The Morgan fingerprint density at radius 2 is 2.16 bits per heavy atom. The number of hydrogen-bond acceptors (Lipinski definition) is 3. The lowest BCUT2D eigenvalue weighted by molar-refractivity contribution is -0.120. The van der Waals surface area contributed by atoms with E-state index < -0.39 is 0 Å². The van der Waals surface area contributed by atoms with Crippen molar-refractivity contribution in [1.82, 2.24) is 0 Å². The summed E-state index contributed by atoms with van der Waals surface area (Å²) in [4.78, 5) is 13.3. The van der Waals surface area contributed by atoms with E-state index in [1.54, 1.807) is 11.9 Å². The lowest BCUT2D eigenvalue weighted by Gasteiger charge is -2.26. The van der Waals surface area contributed by atoms with Gasteiger partial charge in [-0.05, 0) is 36.5 Å². The molecule has 19 heavy (non-hydrogen) atoms. The predicted molar refractivity (Wildman–Crippen MR) is 76.5 cm³/mol. The molecule has 1 aromatic rings. The van der Waals surface area contributed by atoms with Gasteiger partial charge in [-0.2, -0.15) is 0 Å². The number of benzene rings is 1. The normalized spacial score (nSPS) is 16.3. The number of rotatable bonds is 4. The summed E-state index contributed by atoms with van der Waals surface area (Å²) in [6, 6.07) is 6.12. The lowest BCUT2D eigenvalue weighted by Crippen LogP contribution is -2.35. The Labute approximate surface area is 114 Å². The molecule has 2 N–H and O–H groups in total. The van der Waals surface area contributed by atoms with Crippen molar-refractivity contribution >= 4 is 11.6 Å². The van der Waals surface area contributed by atoms with E-state index in [0.717, 1.165) is 29.8 Å². The van der Waals surface area contributed by atoms with Gasteiger partial charge >= 0.3 is 0 Å². The number of fused-ring (bicyclic) bond motifs is 1. The van der Waals surface area contributed by atoms with Crippen LogP contribution in [0.3, 0.4) is 0 Å². The highest BCUT2D eigenvalue weighted by molar-refractivity contribution is 5.97. The highest BCUT2D eigenvalue weighted by atomic mass is 16.5. The Balaban J connectivity index is 2.14. The maximum atomic E-state index is 11.6. The standard InChI is InChI=1S/C15H22N2O2/c1-10(2)6-12(16)7-11-4-5-14-13(8-11)17(3)15(18)9-19-14/h4-5,8,10,12H,6-7,9,16H2,1-3H3. The van der Waals surface area contributed by atoms with Gasteiger partial charge in [-0.15, -0.1) is 0 Å². The molecule has 4 nitrogen and oxygen atoms in total. The zero-order valence-electron chi connectivity index (χ0n) is 11.8. The third kappa shape index (κ3) is 3.26. The van der Waals surface area contributed by atoms with Crippen molar-refractivity contribution in [3.63, 3.8) is 0 Å². The van der Waals surface area contributed by atoms with Crippen LogP contribution < -0.4 is 15.4 Å². The molecule has 0 aromatic heterocycles. The number of hydrogen-bond donors (Lipinski definition) is 1. The second-order valence-corrected chi connectivity index (χ2v) is 5.64. The summed E-state index contributed by atoms with van der Waals surface area (Å²) in [7, 11) is 1.78. The molecule has 0 fully saturated rings. The van der Waals surface area contributed by atoms with Gasteiger partial charge in [-0.25, -0.2) is 0 Å². The van der Waals surface area contributed by atoms with Gasteiger partial charge in [0, 0.05) is 13.1 Å². The summed E-state index contributed by atoms with van der Waals surface area (Å²) < 4.78 is 5.41. The molecule has 1 atom stereocenters. The van der Waals surface area contributed by atoms with Gasteiger partial charge < -0.3 is 15.4 Å². The largest absolute Gasteiger partial charge is 0.482 e. The molecular weight excluding hydrogens is 240 g/mol. The Hall–Kier alpha value is -1.55. The SMILES string of the molecule is CC(C)CC(N)Cc1ccc2c(c1)N(C)C(=O)CO2. The van der Waals surface area contributed by atoms with Gasteiger partial charge in [-0.1, -0.05) is 19.9 Å². The Kier molecular flexibility index (Phi) is 4.10. The third-order valence-corrected chi connectivity index (χ3v) is 3.38. The molecule has 2 rings (SSSR count). The molecule has 1 aliphatic rings. The number of amides is 1. The molecular formula is C15H22N2O2. The second-order valence-electron chi connectivity index (χ2n) is 5.64. The molecule has 1 aliphatic heterocycles. The Bertz CT molecular complexity index is 471. The van der Waals surface area contributed by atoms with E-state index in [2.05, 4.69) is 13.8 Å². The van der Waals surface area contributed by atoms with E-state index in [1.807, 2.05) is 18.2 Å². The lowest BCUT2D eigenvalue weighted by atomic mass is 9.97. The van der Waals surface area contributed by atoms with Crippen LogP contribution in [-0.4, -0.2) is 25.6 Å². The van der Waals surface area contributed by atoms with Gasteiger partial charge in [-0.3, -0.25) is 4.79 Å². The average Bonchev–Trinajstić information content (AvgIpc) is 2.33. The highest BCUT2D eigenvalue weighted by Crippen LogP contribution is 2.32. The summed E-state index contributed by atoms with van der Waals surface area (Å²) in [6.07, 6.45) is 1.83. The van der Waals surface area contributed by atoms with Gasteiger partial charge in [0.2, 0.25) is 0 Å². The summed E-state index contributed by atoms with van der Waals surface area (Å²) in [6.45, 7) is 4.47. The van der Waals surface area contributed by atoms with Crippen LogP contribution >= 0.6 is 0 Å². The van der Waals surface area contributed by atoms with Crippen LogP contribution in [0.25, 0.3) is 0 Å². The van der Waals surface area contributed by atoms with Crippen LogP contribution in [0, 0.1) is 5.92 Å². The zero-order valence-corrected chi connectivity index (χ0v) is 11.8. The van der Waals surface area contributed by atoms with Gasteiger partial charge in [0.25, 0.3) is 5.91 Å². The fraction of sp³-hybridized carbons (Fsp3) is 0.533. The first-order valence-corrected chi connectivity index (χ1v) is 6.75. The Morgan fingerprint density at radius 1 is 1.42 bits per heavy atom. The van der Waals surface area contributed by atoms with Gasteiger partial charge in [0.1, 0.15) is 5.75 Å². The molecule has 0 saturated carbocycles. The van der Waals surface area contributed by atoms with Crippen LogP contribution in [-0.2, 0) is 11.2 Å². The first-order valence-electron chi connectivity index (χ1n) is 6.75. The maximum Gasteiger partial charge on any atom is 0.264 e. The topological polar surface area (TPSA) is 55.6 Å². The molecule has 4 heteroatoms. The quantitative estimate of drug-likeness (QED) is 0.902. The number of likely N-dealkylation sites (N-methyl/N-ethyl adjacent to an activating group) is 1. The second kappa shape index (κ2) is 5.61. The first kappa shape index (κ1) is 13.9. The maximum absolute atomic E-state index is 11.6. The van der Waals surface area contributed by atoms with Crippen molar-refractivity contribution in [2.45, 2.75) is 32.7 Å². The molecule has 1 unspecified atom stereocenters. The molecule has 0 aliphatic carbocycles. The molecule has 0 radical (unpaired) electrons. The van der Waals surface area contributed by atoms with Crippen molar-refractivity contribution in [2.24, 2.45) is 11.7 Å². The third-order valence-electron chi connectivity index (χ3n) is 3.38. The van der Waals surface area contributed by atoms with Crippen LogP contribution in [0.1, 0.15) is 25.8 Å². The van der Waals surface area contributed by atoms with E-state index in [-0.39, 0.29) is 18.6 Å². The molecule has 1 heterocycles. The van der Waals surface area contributed by atoms with Crippen LogP contribution in [0.5, 0.6) is 5.75 Å². The summed E-state index contributed by atoms with van der Waals surface area (Å²) >= 11 is 0. The molecule has 0 saturated heterocycles. The van der Waals surface area contributed by atoms with Crippen LogP contribution in [0.4, 0.5) is 5.69 Å². The van der Waals surface area contributed by atoms with E-state index in [9.17, 15) is 4.79 Å². The Morgan fingerprint density at radius 3 is 2.84 bits per heavy atom. The van der Waals surface area contributed by atoms with E-state index >= 15 is 0 Å². The average molecular weight is 262 g/mol. The summed E-state index contributed by atoms with van der Waals surface area (Å²) in [5, 5.41) is 0. The zero-order chi connectivity index (χ0) is 14.0. The number of carbonyl (C=O) groups excluding carboxylic acids is 1. The van der Waals surface area contributed by atoms with E-state index in [0.29, 0.717) is 5.92 Å². The van der Waals surface area contributed by atoms with Crippen molar-refractivity contribution in [3.05, 3.63) is 23.8 Å². The fourth-order valence-corrected chi connectivity index (χ4v) is 2.44. The number of ether oxygens (including phenoxy) is 1. The number of nitrogens with zero attached hydrogens (tertiary/aromatic N) is 1. The smallest absolute Gasteiger partial charge is 0.264 e. The number of carbonyl (C=O) groups is 1. The number of nitrogens with two attached hydrogens (primary N) is 1. The molecule has 0 bridgehead atoms. The number of anilines is 1. The van der Waals surface area contributed by atoms with Crippen molar-refractivity contribution < 1.29 is 9.53 Å². The van der Waals surface area contributed by atoms with Crippen molar-refractivity contribution in [2.75, 3.05) is 18.6 Å². The van der Waals surface area contributed by atoms with Crippen molar-refractivity contribution in [1.29, 1.82) is 0 Å². The first-order chi connectivity index (χ1) is 8.97. The molecule has 0 spiro atoms. The predicted octanol–water partition coefficient (Wildman–Crippen LogP) is 1.96. The van der Waals surface area contributed by atoms with Gasteiger partial charge in [0.15, 0.2) is 6.61 Å². The monoisotopic (exact) mass is 262 g/mol. The van der Waals surface area contributed by atoms with Crippen LogP contribution in [0.15, 0.2) is 18.2 Å². The summed E-state index contributed by atoms with van der Waals surface area (Å²) in [5.74, 6) is 1.35. The fourth-order valence-electron chi connectivity index (χ4n) is 2.44.